The van der Waals surface area contributed by atoms with Gasteiger partial charge in [0.1, 0.15) is 11.5 Å². The molecule has 28 heavy (non-hydrogen) atoms. The van der Waals surface area contributed by atoms with E-state index >= 15 is 0 Å². The van der Waals surface area contributed by atoms with Crippen molar-refractivity contribution in [3.05, 3.63) is 88.3 Å². The largest absolute Gasteiger partial charge is 0.496 e. The van der Waals surface area contributed by atoms with Crippen LogP contribution in [0.4, 0.5) is 0 Å². The zero-order valence-electron chi connectivity index (χ0n) is 15.3. The van der Waals surface area contributed by atoms with Crippen LogP contribution in [-0.2, 0) is 28.9 Å². The summed E-state index contributed by atoms with van der Waals surface area (Å²) in [6.07, 6.45) is 0. The minimum atomic E-state index is -1.17. The molecule has 1 atom stereocenters. The molecule has 5 nitrogen and oxygen atoms in total. The summed E-state index contributed by atoms with van der Waals surface area (Å²) in [5.74, 6) is 1.66. The Bertz CT molecular complexity index is 986. The second-order valence-corrected chi connectivity index (χ2v) is 8.01. The van der Waals surface area contributed by atoms with Gasteiger partial charge in [0, 0.05) is 33.7 Å². The van der Waals surface area contributed by atoms with Crippen molar-refractivity contribution in [1.29, 1.82) is 0 Å². The van der Waals surface area contributed by atoms with E-state index in [4.69, 9.17) is 20.8 Å². The molecule has 0 spiro atoms. The van der Waals surface area contributed by atoms with E-state index in [1.54, 1.807) is 31.4 Å². The van der Waals surface area contributed by atoms with E-state index in [0.29, 0.717) is 28.8 Å². The van der Waals surface area contributed by atoms with Crippen molar-refractivity contribution in [2.24, 2.45) is 0 Å². The molecule has 0 radical (unpaired) electrons. The first-order valence-corrected chi connectivity index (χ1v) is 10.5. The molecular formula is C21H20ClNO4S. The van der Waals surface area contributed by atoms with Gasteiger partial charge in [0.25, 0.3) is 5.91 Å². The zero-order valence-corrected chi connectivity index (χ0v) is 16.9. The number of hydrogen-bond acceptors (Lipinski definition) is 4. The van der Waals surface area contributed by atoms with Crippen molar-refractivity contribution >= 4 is 28.3 Å². The first kappa shape index (κ1) is 20.2. The van der Waals surface area contributed by atoms with Crippen molar-refractivity contribution in [3.63, 3.8) is 0 Å². The minimum absolute atomic E-state index is 0.185. The van der Waals surface area contributed by atoms with E-state index in [0.717, 1.165) is 11.1 Å². The molecule has 0 unspecified atom stereocenters. The van der Waals surface area contributed by atoms with Gasteiger partial charge < -0.3 is 14.5 Å². The Kier molecular flexibility index (Phi) is 6.90. The van der Waals surface area contributed by atoms with Crippen LogP contribution < -0.4 is 10.1 Å². The van der Waals surface area contributed by atoms with E-state index in [1.807, 2.05) is 36.4 Å². The van der Waals surface area contributed by atoms with Crippen molar-refractivity contribution < 1.29 is 18.2 Å². The highest BCUT2D eigenvalue weighted by atomic mass is 35.5. The Labute approximate surface area is 171 Å². The quantitative estimate of drug-likeness (QED) is 0.592. The van der Waals surface area contributed by atoms with Crippen LogP contribution in [-0.4, -0.2) is 17.2 Å². The fourth-order valence-corrected chi connectivity index (χ4v) is 4.05. The molecule has 1 aromatic heterocycles. The van der Waals surface area contributed by atoms with Gasteiger partial charge in [0.15, 0.2) is 5.76 Å². The number of methoxy groups -OCH3 is 1. The molecule has 0 saturated heterocycles. The summed E-state index contributed by atoms with van der Waals surface area (Å²) in [6.45, 7) is 0.319. The number of hydrogen-bond donors (Lipinski definition) is 1. The third-order valence-electron chi connectivity index (χ3n) is 4.04. The number of amides is 1. The van der Waals surface area contributed by atoms with Crippen molar-refractivity contribution in [3.8, 4) is 5.75 Å². The summed E-state index contributed by atoms with van der Waals surface area (Å²) in [6, 6.07) is 18.0. The highest BCUT2D eigenvalue weighted by Gasteiger charge is 2.14. The second-order valence-electron chi connectivity index (χ2n) is 6.12. The number of benzene rings is 2. The third-order valence-corrected chi connectivity index (χ3v) is 5.53. The minimum Gasteiger partial charge on any atom is -0.496 e. The molecule has 0 aliphatic rings. The Morgan fingerprint density at radius 1 is 1.11 bits per heavy atom. The molecule has 1 amide bonds. The Morgan fingerprint density at radius 3 is 2.71 bits per heavy atom. The SMILES string of the molecule is COc1ccccc1CNC(=O)c1ccc(C[S@](=O)Cc2cccc(Cl)c2)o1. The number of carbonyl (C=O) groups is 1. The molecule has 2 aromatic carbocycles. The summed E-state index contributed by atoms with van der Waals surface area (Å²) in [5.41, 5.74) is 1.76. The number of nitrogens with one attached hydrogen (secondary N) is 1. The lowest BCUT2D eigenvalue weighted by Crippen LogP contribution is -2.22. The molecular weight excluding hydrogens is 398 g/mol. The second kappa shape index (κ2) is 9.57. The molecule has 0 aliphatic heterocycles. The van der Waals surface area contributed by atoms with Crippen molar-refractivity contribution in [1.82, 2.24) is 5.32 Å². The maximum absolute atomic E-state index is 12.3. The molecule has 0 fully saturated rings. The van der Waals surface area contributed by atoms with Gasteiger partial charge in [-0.2, -0.15) is 0 Å². The maximum atomic E-state index is 12.3. The van der Waals surface area contributed by atoms with Gasteiger partial charge in [0.05, 0.1) is 12.9 Å². The molecule has 7 heteroatoms. The van der Waals surface area contributed by atoms with Crippen LogP contribution in [0.15, 0.2) is 65.1 Å². The summed E-state index contributed by atoms with van der Waals surface area (Å²) in [4.78, 5) is 12.3. The van der Waals surface area contributed by atoms with E-state index < -0.39 is 10.8 Å². The molecule has 146 valence electrons. The summed E-state index contributed by atoms with van der Waals surface area (Å²) < 4.78 is 23.2. The van der Waals surface area contributed by atoms with Gasteiger partial charge >= 0.3 is 0 Å². The third kappa shape index (κ3) is 5.47. The summed E-state index contributed by atoms with van der Waals surface area (Å²) >= 11 is 5.95. The van der Waals surface area contributed by atoms with Crippen LogP contribution in [0.2, 0.25) is 5.02 Å². The van der Waals surface area contributed by atoms with Crippen LogP contribution in [0.25, 0.3) is 0 Å². The number of furan rings is 1. The number of ether oxygens (including phenoxy) is 1. The molecule has 0 aliphatic carbocycles. The average Bonchev–Trinajstić information content (AvgIpc) is 3.14. The lowest BCUT2D eigenvalue weighted by molar-refractivity contribution is 0.0921. The van der Waals surface area contributed by atoms with Gasteiger partial charge in [-0.15, -0.1) is 0 Å². The normalized spacial score (nSPS) is 11.8. The highest BCUT2D eigenvalue weighted by Crippen LogP contribution is 2.18. The number of para-hydroxylation sites is 1. The lowest BCUT2D eigenvalue weighted by Gasteiger charge is -2.08. The van der Waals surface area contributed by atoms with Gasteiger partial charge in [-0.3, -0.25) is 9.00 Å². The van der Waals surface area contributed by atoms with Gasteiger partial charge in [-0.1, -0.05) is 41.9 Å². The van der Waals surface area contributed by atoms with Gasteiger partial charge in [-0.05, 0) is 35.9 Å². The summed E-state index contributed by atoms with van der Waals surface area (Å²) in [7, 11) is 0.418. The van der Waals surface area contributed by atoms with E-state index in [-0.39, 0.29) is 17.4 Å². The van der Waals surface area contributed by atoms with Crippen LogP contribution in [0, 0.1) is 0 Å². The average molecular weight is 418 g/mol. The van der Waals surface area contributed by atoms with E-state index in [1.165, 1.54) is 0 Å². The molecule has 0 saturated carbocycles. The van der Waals surface area contributed by atoms with Crippen molar-refractivity contribution in [2.45, 2.75) is 18.1 Å². The molecule has 1 N–H and O–H groups in total. The monoisotopic (exact) mass is 417 g/mol. The molecule has 0 bridgehead atoms. The highest BCUT2D eigenvalue weighted by molar-refractivity contribution is 7.83. The Balaban J connectivity index is 1.55. The molecule has 3 aromatic rings. The van der Waals surface area contributed by atoms with Crippen LogP contribution >= 0.6 is 11.6 Å². The van der Waals surface area contributed by atoms with Crippen molar-refractivity contribution in [2.75, 3.05) is 7.11 Å². The van der Waals surface area contributed by atoms with Gasteiger partial charge in [-0.25, -0.2) is 0 Å². The standard InChI is InChI=1S/C21H20ClNO4S/c1-26-19-8-3-2-6-16(19)12-23-21(24)20-10-9-18(27-20)14-28(25)13-15-5-4-7-17(22)11-15/h2-11H,12-14H2,1H3,(H,23,24)/t28-/m1/s1. The first-order valence-electron chi connectivity index (χ1n) is 8.63. The Hall–Kier alpha value is -2.57. The maximum Gasteiger partial charge on any atom is 0.287 e. The topological polar surface area (TPSA) is 68.5 Å². The van der Waals surface area contributed by atoms with Crippen LogP contribution in [0.3, 0.4) is 0 Å². The lowest BCUT2D eigenvalue weighted by atomic mass is 10.2. The van der Waals surface area contributed by atoms with E-state index in [2.05, 4.69) is 5.32 Å². The number of rotatable bonds is 8. The smallest absolute Gasteiger partial charge is 0.287 e. The first-order chi connectivity index (χ1) is 13.5. The Morgan fingerprint density at radius 2 is 1.93 bits per heavy atom. The predicted octanol–water partition coefficient (Wildman–Crippen LogP) is 4.32. The molecule has 1 heterocycles. The van der Waals surface area contributed by atoms with Crippen LogP contribution in [0.5, 0.6) is 5.75 Å². The predicted molar refractivity (Wildman–Crippen MR) is 110 cm³/mol. The fraction of sp³-hybridized carbons (Fsp3) is 0.190. The van der Waals surface area contributed by atoms with Crippen LogP contribution in [0.1, 0.15) is 27.4 Å². The molecule has 3 rings (SSSR count). The zero-order chi connectivity index (χ0) is 19.9. The number of carbonyl (C=O) groups excluding carboxylic acids is 1. The number of halogens is 1. The fourth-order valence-electron chi connectivity index (χ4n) is 2.71. The summed E-state index contributed by atoms with van der Waals surface area (Å²) in [5, 5.41) is 3.41. The van der Waals surface area contributed by atoms with E-state index in [9.17, 15) is 9.00 Å². The van der Waals surface area contributed by atoms with Gasteiger partial charge in [0.2, 0.25) is 0 Å².